The molecule has 3 heterocycles. The molecule has 3 nitrogen and oxygen atoms in total. The van der Waals surface area contributed by atoms with Crippen LogP contribution in [0.5, 0.6) is 0 Å². The molecule has 9 rings (SSSR count). The second kappa shape index (κ2) is 9.37. The molecule has 0 amide bonds. The smallest absolute Gasteiger partial charge is 0.143 e. The number of hydrogen-bond acceptors (Lipinski definition) is 3. The van der Waals surface area contributed by atoms with Gasteiger partial charge in [-0.05, 0) is 29.3 Å². The molecule has 0 fully saturated rings. The van der Waals surface area contributed by atoms with E-state index in [-0.39, 0.29) is 0 Å². The number of hydrogen-bond donors (Lipinski definition) is 0. The Bertz CT molecular complexity index is 2490. The Morgan fingerprint density at radius 1 is 0.419 bits per heavy atom. The summed E-state index contributed by atoms with van der Waals surface area (Å²) in [4.78, 5) is 10.4. The van der Waals surface area contributed by atoms with Gasteiger partial charge in [0, 0.05) is 43.6 Å². The van der Waals surface area contributed by atoms with Crippen molar-refractivity contribution in [2.75, 3.05) is 0 Å². The average molecular weight is 549 g/mol. The predicted octanol–water partition coefficient (Wildman–Crippen LogP) is 10.8. The molecular formula is C40H24N2O. The van der Waals surface area contributed by atoms with Gasteiger partial charge in [-0.25, -0.2) is 9.97 Å². The summed E-state index contributed by atoms with van der Waals surface area (Å²) >= 11 is 0. The van der Waals surface area contributed by atoms with Gasteiger partial charge in [0.05, 0.1) is 22.2 Å². The van der Waals surface area contributed by atoms with Crippen molar-refractivity contribution in [3.05, 3.63) is 146 Å². The van der Waals surface area contributed by atoms with Gasteiger partial charge in [0.25, 0.3) is 0 Å². The molecule has 43 heavy (non-hydrogen) atoms. The first-order valence-electron chi connectivity index (χ1n) is 14.5. The molecule has 0 aliphatic heterocycles. The van der Waals surface area contributed by atoms with Crippen molar-refractivity contribution < 1.29 is 4.42 Å². The van der Waals surface area contributed by atoms with Gasteiger partial charge in [-0.2, -0.15) is 0 Å². The topological polar surface area (TPSA) is 38.9 Å². The minimum absolute atomic E-state index is 0.908. The van der Waals surface area contributed by atoms with E-state index in [9.17, 15) is 0 Å². The lowest BCUT2D eigenvalue weighted by atomic mass is 9.95. The van der Waals surface area contributed by atoms with E-state index in [1.54, 1.807) is 0 Å². The zero-order valence-electron chi connectivity index (χ0n) is 23.2. The molecule has 9 aromatic rings. The summed E-state index contributed by atoms with van der Waals surface area (Å²) in [6, 6.07) is 50.7. The van der Waals surface area contributed by atoms with Gasteiger partial charge in [0.1, 0.15) is 11.2 Å². The first-order valence-corrected chi connectivity index (χ1v) is 14.5. The summed E-state index contributed by atoms with van der Waals surface area (Å²) in [7, 11) is 0. The zero-order chi connectivity index (χ0) is 28.3. The molecule has 0 saturated carbocycles. The molecule has 200 valence electrons. The standard InChI is InChI=1S/C40H24N2O/c1-2-9-27(10-3-1)37-32-12-4-6-15-35(32)42-39-33(37)23-21-28-22-24-34(41-38(28)39)26-19-17-25(18-20-26)29-13-8-14-31-30-11-5-7-16-36(30)43-40(29)31/h1-24H. The Morgan fingerprint density at radius 3 is 2.02 bits per heavy atom. The van der Waals surface area contributed by atoms with Crippen molar-refractivity contribution in [1.82, 2.24) is 9.97 Å². The molecule has 3 aromatic heterocycles. The van der Waals surface area contributed by atoms with Crippen LogP contribution in [-0.4, -0.2) is 9.97 Å². The van der Waals surface area contributed by atoms with Crippen LogP contribution in [0.4, 0.5) is 0 Å². The third-order valence-corrected chi connectivity index (χ3v) is 8.47. The van der Waals surface area contributed by atoms with Crippen LogP contribution in [0.3, 0.4) is 0 Å². The fraction of sp³-hybridized carbons (Fsp3) is 0. The van der Waals surface area contributed by atoms with Crippen molar-refractivity contribution in [2.24, 2.45) is 0 Å². The summed E-state index contributed by atoms with van der Waals surface area (Å²) in [6.07, 6.45) is 0. The number of para-hydroxylation sites is 3. The largest absolute Gasteiger partial charge is 0.455 e. The van der Waals surface area contributed by atoms with Crippen LogP contribution in [0, 0.1) is 0 Å². The van der Waals surface area contributed by atoms with E-state index in [0.29, 0.717) is 0 Å². The molecule has 3 heteroatoms. The molecule has 0 N–H and O–H groups in total. The van der Waals surface area contributed by atoms with E-state index in [0.717, 1.165) is 77.0 Å². The van der Waals surface area contributed by atoms with E-state index in [4.69, 9.17) is 14.4 Å². The van der Waals surface area contributed by atoms with Gasteiger partial charge < -0.3 is 4.42 Å². The number of rotatable bonds is 3. The maximum atomic E-state index is 6.29. The van der Waals surface area contributed by atoms with Crippen molar-refractivity contribution in [3.63, 3.8) is 0 Å². The minimum Gasteiger partial charge on any atom is -0.455 e. The van der Waals surface area contributed by atoms with Gasteiger partial charge in [-0.3, -0.25) is 0 Å². The average Bonchev–Trinajstić information content (AvgIpc) is 3.46. The lowest BCUT2D eigenvalue weighted by Gasteiger charge is -2.13. The highest BCUT2D eigenvalue weighted by Crippen LogP contribution is 2.39. The van der Waals surface area contributed by atoms with Crippen molar-refractivity contribution >= 4 is 54.6 Å². The Hall–Kier alpha value is -5.80. The van der Waals surface area contributed by atoms with E-state index in [1.807, 2.05) is 18.2 Å². The normalized spacial score (nSPS) is 11.7. The molecule has 0 bridgehead atoms. The van der Waals surface area contributed by atoms with Gasteiger partial charge in [0.2, 0.25) is 0 Å². The molecule has 0 atom stereocenters. The number of fused-ring (bicyclic) bond motifs is 7. The fourth-order valence-corrected chi connectivity index (χ4v) is 6.41. The lowest BCUT2D eigenvalue weighted by Crippen LogP contribution is -1.93. The highest BCUT2D eigenvalue weighted by Gasteiger charge is 2.15. The first-order chi connectivity index (χ1) is 21.3. The quantitative estimate of drug-likeness (QED) is 0.163. The summed E-state index contributed by atoms with van der Waals surface area (Å²) in [5.74, 6) is 0. The molecule has 6 aromatic carbocycles. The molecule has 0 unspecified atom stereocenters. The number of nitrogens with zero attached hydrogens (tertiary/aromatic N) is 2. The van der Waals surface area contributed by atoms with Crippen LogP contribution in [0.25, 0.3) is 88.2 Å². The Kier molecular flexibility index (Phi) is 5.20. The molecule has 0 saturated heterocycles. The molecular weight excluding hydrogens is 524 g/mol. The molecule has 0 spiro atoms. The first kappa shape index (κ1) is 23.9. The van der Waals surface area contributed by atoms with E-state index in [1.165, 1.54) is 11.1 Å². The molecule has 0 aliphatic rings. The number of pyridine rings is 2. The fourth-order valence-electron chi connectivity index (χ4n) is 6.41. The second-order valence-electron chi connectivity index (χ2n) is 11.0. The van der Waals surface area contributed by atoms with E-state index >= 15 is 0 Å². The van der Waals surface area contributed by atoms with E-state index in [2.05, 4.69) is 127 Å². The van der Waals surface area contributed by atoms with Crippen LogP contribution < -0.4 is 0 Å². The van der Waals surface area contributed by atoms with Crippen LogP contribution >= 0.6 is 0 Å². The van der Waals surface area contributed by atoms with Crippen molar-refractivity contribution in [2.45, 2.75) is 0 Å². The van der Waals surface area contributed by atoms with Crippen LogP contribution in [0.2, 0.25) is 0 Å². The van der Waals surface area contributed by atoms with Crippen LogP contribution in [0.1, 0.15) is 0 Å². The summed E-state index contributed by atoms with van der Waals surface area (Å²) < 4.78 is 6.29. The van der Waals surface area contributed by atoms with Gasteiger partial charge in [-0.15, -0.1) is 0 Å². The minimum atomic E-state index is 0.908. The summed E-state index contributed by atoms with van der Waals surface area (Å²) in [6.45, 7) is 0. The highest BCUT2D eigenvalue weighted by molar-refractivity contribution is 6.16. The zero-order valence-corrected chi connectivity index (χ0v) is 23.2. The van der Waals surface area contributed by atoms with Crippen molar-refractivity contribution in [3.8, 4) is 33.5 Å². The van der Waals surface area contributed by atoms with Gasteiger partial charge in [0.15, 0.2) is 0 Å². The number of benzene rings is 6. The third-order valence-electron chi connectivity index (χ3n) is 8.47. The predicted molar refractivity (Wildman–Crippen MR) is 178 cm³/mol. The summed E-state index contributed by atoms with van der Waals surface area (Å²) in [5, 5.41) is 5.60. The number of furan rings is 1. The number of aromatic nitrogens is 2. The Balaban J connectivity index is 1.20. The maximum absolute atomic E-state index is 6.29. The maximum Gasteiger partial charge on any atom is 0.143 e. The van der Waals surface area contributed by atoms with Gasteiger partial charge in [-0.1, -0.05) is 127 Å². The molecule has 0 radical (unpaired) electrons. The lowest BCUT2D eigenvalue weighted by molar-refractivity contribution is 0.670. The Morgan fingerprint density at radius 2 is 1.14 bits per heavy atom. The van der Waals surface area contributed by atoms with Crippen LogP contribution in [-0.2, 0) is 0 Å². The van der Waals surface area contributed by atoms with E-state index < -0.39 is 0 Å². The Labute approximate surface area is 247 Å². The van der Waals surface area contributed by atoms with Crippen molar-refractivity contribution in [1.29, 1.82) is 0 Å². The van der Waals surface area contributed by atoms with Crippen LogP contribution in [0.15, 0.2) is 150 Å². The second-order valence-corrected chi connectivity index (χ2v) is 11.0. The molecule has 0 aliphatic carbocycles. The third kappa shape index (κ3) is 3.75. The van der Waals surface area contributed by atoms with Gasteiger partial charge >= 0.3 is 0 Å². The monoisotopic (exact) mass is 548 g/mol. The SMILES string of the molecule is c1ccc(-c2c3ccccc3nc3c2ccc2ccc(-c4ccc(-c5cccc6c5oc5ccccc56)cc4)nc23)cc1. The summed E-state index contributed by atoms with van der Waals surface area (Å²) in [5.41, 5.74) is 11.2. The highest BCUT2D eigenvalue weighted by atomic mass is 16.3.